The van der Waals surface area contributed by atoms with Crippen LogP contribution < -0.4 is 4.90 Å². The van der Waals surface area contributed by atoms with Gasteiger partial charge in [-0.1, -0.05) is 64.5 Å². The quantitative estimate of drug-likeness (QED) is 0.688. The first kappa shape index (κ1) is 20.9. The second kappa shape index (κ2) is 7.26. The highest BCUT2D eigenvalue weighted by Gasteiger charge is 2.64. The number of carbonyl (C=O) groups excluding carboxylic acids is 3. The third-order valence-electron chi connectivity index (χ3n) is 7.07. The molecule has 32 heavy (non-hydrogen) atoms. The van der Waals surface area contributed by atoms with E-state index < -0.39 is 23.3 Å². The average Bonchev–Trinajstić information content (AvgIpc) is 3.23. The van der Waals surface area contributed by atoms with Crippen LogP contribution in [0.1, 0.15) is 46.1 Å². The van der Waals surface area contributed by atoms with Crippen LogP contribution in [-0.4, -0.2) is 46.1 Å². The van der Waals surface area contributed by atoms with Crippen LogP contribution in [0.4, 0.5) is 5.69 Å². The van der Waals surface area contributed by atoms with Crippen LogP contribution in [0, 0.1) is 17.3 Å². The van der Waals surface area contributed by atoms with Gasteiger partial charge >= 0.3 is 0 Å². The molecule has 2 amide bonds. The highest BCUT2D eigenvalue weighted by Crippen LogP contribution is 2.51. The van der Waals surface area contributed by atoms with E-state index in [1.54, 1.807) is 6.20 Å². The SMILES string of the molecule is CCCCN1C(=O)[C@@H]2[C@H](C1=O)[C@@H](C(=O)C(C)(C)C)N1c3c(ccc4cccnc34)C=C[C@@H]21. The van der Waals surface area contributed by atoms with Crippen LogP contribution in [0.3, 0.4) is 0 Å². The normalized spacial score (nSPS) is 26.5. The van der Waals surface area contributed by atoms with E-state index >= 15 is 0 Å². The summed E-state index contributed by atoms with van der Waals surface area (Å²) in [6, 6.07) is 6.90. The van der Waals surface area contributed by atoms with E-state index in [0.717, 1.165) is 35.0 Å². The van der Waals surface area contributed by atoms with Gasteiger partial charge in [0, 0.05) is 23.5 Å². The molecule has 0 spiro atoms. The second-order valence-electron chi connectivity index (χ2n) is 10.1. The van der Waals surface area contributed by atoms with E-state index in [-0.39, 0.29) is 23.6 Å². The number of hydrogen-bond donors (Lipinski definition) is 0. The molecule has 0 bridgehead atoms. The lowest BCUT2D eigenvalue weighted by Crippen LogP contribution is -2.51. The molecule has 166 valence electrons. The Labute approximate surface area is 188 Å². The van der Waals surface area contributed by atoms with Crippen LogP contribution >= 0.6 is 0 Å². The number of imide groups is 1. The molecule has 3 aliphatic heterocycles. The summed E-state index contributed by atoms with van der Waals surface area (Å²) in [7, 11) is 0. The Morgan fingerprint density at radius 2 is 1.84 bits per heavy atom. The third-order valence-corrected chi connectivity index (χ3v) is 7.07. The van der Waals surface area contributed by atoms with Crippen LogP contribution in [0.15, 0.2) is 36.5 Å². The summed E-state index contributed by atoms with van der Waals surface area (Å²) < 4.78 is 0. The summed E-state index contributed by atoms with van der Waals surface area (Å²) in [6.07, 6.45) is 7.43. The molecule has 0 saturated carbocycles. The average molecular weight is 432 g/mol. The van der Waals surface area contributed by atoms with Crippen molar-refractivity contribution in [1.29, 1.82) is 0 Å². The first-order valence-electron chi connectivity index (χ1n) is 11.5. The summed E-state index contributed by atoms with van der Waals surface area (Å²) in [5.41, 5.74) is 1.97. The van der Waals surface area contributed by atoms with E-state index in [2.05, 4.69) is 4.98 Å². The Balaban J connectivity index is 1.70. The molecule has 3 aliphatic rings. The van der Waals surface area contributed by atoms with Gasteiger partial charge in [0.1, 0.15) is 6.04 Å². The van der Waals surface area contributed by atoms with Crippen molar-refractivity contribution in [3.63, 3.8) is 0 Å². The predicted molar refractivity (Wildman–Crippen MR) is 124 cm³/mol. The summed E-state index contributed by atoms with van der Waals surface area (Å²) in [6.45, 7) is 8.12. The molecule has 1 aromatic carbocycles. The molecule has 2 fully saturated rings. The molecule has 4 heterocycles. The maximum atomic E-state index is 13.8. The number of aromatic nitrogens is 1. The Kier molecular flexibility index (Phi) is 4.73. The van der Waals surface area contributed by atoms with Crippen molar-refractivity contribution >= 4 is 40.3 Å². The number of rotatable bonds is 4. The van der Waals surface area contributed by atoms with E-state index in [4.69, 9.17) is 0 Å². The van der Waals surface area contributed by atoms with Gasteiger partial charge in [-0.2, -0.15) is 0 Å². The van der Waals surface area contributed by atoms with Crippen molar-refractivity contribution in [3.8, 4) is 0 Å². The third kappa shape index (κ3) is 2.85. The number of fused-ring (bicyclic) bond motifs is 7. The van der Waals surface area contributed by atoms with Gasteiger partial charge in [-0.25, -0.2) is 0 Å². The zero-order chi connectivity index (χ0) is 22.8. The van der Waals surface area contributed by atoms with E-state index in [9.17, 15) is 14.4 Å². The summed E-state index contributed by atoms with van der Waals surface area (Å²) in [5, 5.41) is 0.974. The monoisotopic (exact) mass is 431 g/mol. The minimum absolute atomic E-state index is 0.0114. The molecule has 6 heteroatoms. The number of pyridine rings is 1. The van der Waals surface area contributed by atoms with E-state index in [1.807, 2.05) is 69.0 Å². The maximum absolute atomic E-state index is 13.8. The summed E-state index contributed by atoms with van der Waals surface area (Å²) in [4.78, 5) is 48.9. The van der Waals surface area contributed by atoms with Gasteiger partial charge in [-0.3, -0.25) is 24.3 Å². The highest BCUT2D eigenvalue weighted by molar-refractivity contribution is 6.13. The molecule has 0 N–H and O–H groups in total. The zero-order valence-corrected chi connectivity index (χ0v) is 19.0. The fraction of sp³-hybridized carbons (Fsp3) is 0.462. The number of carbonyl (C=O) groups is 3. The number of unbranched alkanes of at least 4 members (excludes halogenated alkanes) is 1. The molecule has 4 atom stereocenters. The van der Waals surface area contributed by atoms with Gasteiger partial charge in [-0.05, 0) is 18.1 Å². The van der Waals surface area contributed by atoms with E-state index in [1.165, 1.54) is 4.90 Å². The standard InChI is InChI=1S/C26H29N3O3/c1-5-6-14-28-24(31)18-17-12-11-16-10-9-15-8-7-13-27-20(15)21(16)29(17)22(19(18)25(28)32)23(30)26(2,3)4/h7-13,17-19,22H,5-6,14H2,1-4H3/t17-,18-,19-,22-/m0/s1. The number of anilines is 1. The zero-order valence-electron chi connectivity index (χ0n) is 19.0. The molecule has 2 saturated heterocycles. The Morgan fingerprint density at radius 1 is 1.09 bits per heavy atom. The van der Waals surface area contributed by atoms with Crippen molar-refractivity contribution in [2.45, 2.75) is 52.6 Å². The van der Waals surface area contributed by atoms with Crippen LogP contribution in [-0.2, 0) is 14.4 Å². The van der Waals surface area contributed by atoms with Crippen molar-refractivity contribution < 1.29 is 14.4 Å². The molecule has 2 aromatic rings. The summed E-state index contributed by atoms with van der Waals surface area (Å²) in [5.74, 6) is -1.56. The van der Waals surface area contributed by atoms with Crippen molar-refractivity contribution in [1.82, 2.24) is 9.88 Å². The number of amides is 2. The fourth-order valence-corrected chi connectivity index (χ4v) is 5.52. The van der Waals surface area contributed by atoms with Gasteiger partial charge in [0.15, 0.2) is 5.78 Å². The molecule has 6 nitrogen and oxygen atoms in total. The molecule has 1 aromatic heterocycles. The lowest BCUT2D eigenvalue weighted by molar-refractivity contribution is -0.142. The molecule has 0 aliphatic carbocycles. The largest absolute Gasteiger partial charge is 0.351 e. The number of Topliss-reactive ketones (excluding diaryl/α,β-unsaturated/α-hetero) is 1. The fourth-order valence-electron chi connectivity index (χ4n) is 5.52. The van der Waals surface area contributed by atoms with Crippen molar-refractivity contribution in [3.05, 3.63) is 42.1 Å². The number of likely N-dealkylation sites (tertiary alicyclic amines) is 1. The first-order valence-corrected chi connectivity index (χ1v) is 11.5. The first-order chi connectivity index (χ1) is 15.3. The van der Waals surface area contributed by atoms with Gasteiger partial charge in [0.2, 0.25) is 11.8 Å². The van der Waals surface area contributed by atoms with E-state index in [0.29, 0.717) is 6.54 Å². The molecule has 5 rings (SSSR count). The Morgan fingerprint density at radius 3 is 2.56 bits per heavy atom. The van der Waals surface area contributed by atoms with Crippen LogP contribution in [0.25, 0.3) is 17.0 Å². The molecule has 0 unspecified atom stereocenters. The Bertz CT molecular complexity index is 1160. The number of ketones is 1. The second-order valence-corrected chi connectivity index (χ2v) is 10.1. The minimum Gasteiger partial charge on any atom is -0.351 e. The molecular formula is C26H29N3O3. The van der Waals surface area contributed by atoms with Gasteiger partial charge in [0.25, 0.3) is 0 Å². The number of hydrogen-bond acceptors (Lipinski definition) is 5. The van der Waals surface area contributed by atoms with Crippen molar-refractivity contribution in [2.75, 3.05) is 11.4 Å². The van der Waals surface area contributed by atoms with Gasteiger partial charge in [0.05, 0.1) is 29.1 Å². The topological polar surface area (TPSA) is 70.6 Å². The minimum atomic E-state index is -0.690. The lowest BCUT2D eigenvalue weighted by Gasteiger charge is -2.39. The van der Waals surface area contributed by atoms with Crippen LogP contribution in [0.2, 0.25) is 0 Å². The predicted octanol–water partition coefficient (Wildman–Crippen LogP) is 3.84. The maximum Gasteiger partial charge on any atom is 0.235 e. The number of nitrogens with zero attached hydrogens (tertiary/aromatic N) is 3. The molecular weight excluding hydrogens is 402 g/mol. The van der Waals surface area contributed by atoms with Gasteiger partial charge < -0.3 is 4.90 Å². The Hall–Kier alpha value is -3.02. The van der Waals surface area contributed by atoms with Gasteiger partial charge in [-0.15, -0.1) is 0 Å². The van der Waals surface area contributed by atoms with Crippen molar-refractivity contribution in [2.24, 2.45) is 17.3 Å². The summed E-state index contributed by atoms with van der Waals surface area (Å²) >= 11 is 0. The van der Waals surface area contributed by atoms with Crippen LogP contribution in [0.5, 0.6) is 0 Å². The highest BCUT2D eigenvalue weighted by atomic mass is 16.2. The smallest absolute Gasteiger partial charge is 0.235 e. The number of benzene rings is 1. The lowest BCUT2D eigenvalue weighted by atomic mass is 9.79. The molecule has 0 radical (unpaired) electrons.